The Morgan fingerprint density at radius 1 is 1.23 bits per heavy atom. The Labute approximate surface area is 174 Å². The highest BCUT2D eigenvalue weighted by Gasteiger charge is 2.21. The molecule has 0 saturated carbocycles. The zero-order valence-corrected chi connectivity index (χ0v) is 17.0. The minimum absolute atomic E-state index is 0.125. The lowest BCUT2D eigenvalue weighted by Crippen LogP contribution is -2.27. The highest BCUT2D eigenvalue weighted by molar-refractivity contribution is 5.68. The molecule has 0 fully saturated rings. The SMILES string of the molecule is Cc1cc(-c2cnc([N+](=O)[O-])c(OCc3ccnc(N)c3)c2)cc2c1CCN(C)C2. The molecule has 0 unspecified atom stereocenters. The number of aromatic nitrogens is 2. The number of pyridine rings is 2. The van der Waals surface area contributed by atoms with Gasteiger partial charge in [-0.1, -0.05) is 6.07 Å². The summed E-state index contributed by atoms with van der Waals surface area (Å²) in [5, 5.41) is 11.4. The van der Waals surface area contributed by atoms with Gasteiger partial charge in [0.25, 0.3) is 0 Å². The molecule has 3 aromatic rings. The summed E-state index contributed by atoms with van der Waals surface area (Å²) < 4.78 is 5.77. The normalized spacial score (nSPS) is 13.7. The molecule has 1 aliphatic heterocycles. The highest BCUT2D eigenvalue weighted by Crippen LogP contribution is 2.33. The smallest absolute Gasteiger partial charge is 0.406 e. The maximum atomic E-state index is 11.4. The number of likely N-dealkylation sites (N-methyl/N-ethyl adjacent to an activating group) is 1. The number of anilines is 1. The summed E-state index contributed by atoms with van der Waals surface area (Å²) in [6.07, 6.45) is 4.13. The van der Waals surface area contributed by atoms with E-state index in [0.29, 0.717) is 5.82 Å². The molecule has 0 amide bonds. The van der Waals surface area contributed by atoms with E-state index < -0.39 is 4.92 Å². The van der Waals surface area contributed by atoms with Crippen molar-refractivity contribution in [1.29, 1.82) is 0 Å². The summed E-state index contributed by atoms with van der Waals surface area (Å²) in [4.78, 5) is 21.2. The summed E-state index contributed by atoms with van der Waals surface area (Å²) in [7, 11) is 2.11. The quantitative estimate of drug-likeness (QED) is 0.511. The van der Waals surface area contributed by atoms with E-state index in [2.05, 4.69) is 41.0 Å². The predicted molar refractivity (Wildman–Crippen MR) is 114 cm³/mol. The van der Waals surface area contributed by atoms with Crippen molar-refractivity contribution in [2.24, 2.45) is 0 Å². The molecule has 2 N–H and O–H groups in total. The largest absolute Gasteiger partial charge is 0.481 e. The maximum absolute atomic E-state index is 11.4. The van der Waals surface area contributed by atoms with Crippen LogP contribution in [0.4, 0.5) is 11.6 Å². The Bertz CT molecular complexity index is 1120. The third-order valence-corrected chi connectivity index (χ3v) is 5.33. The van der Waals surface area contributed by atoms with Gasteiger partial charge in [-0.15, -0.1) is 0 Å². The molecule has 8 heteroatoms. The molecule has 1 aliphatic rings. The van der Waals surface area contributed by atoms with Crippen LogP contribution in [-0.4, -0.2) is 33.4 Å². The second-order valence-corrected chi connectivity index (χ2v) is 7.60. The topological polar surface area (TPSA) is 107 Å². The zero-order chi connectivity index (χ0) is 21.3. The van der Waals surface area contributed by atoms with Gasteiger partial charge in [0, 0.05) is 30.9 Å². The van der Waals surface area contributed by atoms with Crippen molar-refractivity contribution in [2.75, 3.05) is 19.3 Å². The lowest BCUT2D eigenvalue weighted by Gasteiger charge is -2.27. The molecule has 2 aromatic heterocycles. The first-order valence-corrected chi connectivity index (χ1v) is 9.69. The molecule has 0 aliphatic carbocycles. The molecule has 1 aromatic carbocycles. The zero-order valence-electron chi connectivity index (χ0n) is 17.0. The lowest BCUT2D eigenvalue weighted by molar-refractivity contribution is -0.390. The number of hydrogen-bond acceptors (Lipinski definition) is 7. The molecule has 30 heavy (non-hydrogen) atoms. The van der Waals surface area contributed by atoms with Gasteiger partial charge in [0.2, 0.25) is 5.75 Å². The maximum Gasteiger partial charge on any atom is 0.406 e. The van der Waals surface area contributed by atoms with Crippen molar-refractivity contribution >= 4 is 11.6 Å². The fourth-order valence-corrected chi connectivity index (χ4v) is 3.81. The number of benzene rings is 1. The van der Waals surface area contributed by atoms with Crippen LogP contribution in [0.1, 0.15) is 22.3 Å². The first-order valence-electron chi connectivity index (χ1n) is 9.69. The van der Waals surface area contributed by atoms with Gasteiger partial charge in [-0.25, -0.2) is 4.98 Å². The predicted octanol–water partition coefficient (Wildman–Crippen LogP) is 3.51. The number of ether oxygens (including phenoxy) is 1. The van der Waals surface area contributed by atoms with E-state index >= 15 is 0 Å². The van der Waals surface area contributed by atoms with Crippen molar-refractivity contribution in [3.8, 4) is 16.9 Å². The van der Waals surface area contributed by atoms with Gasteiger partial charge in [-0.2, -0.15) is 0 Å². The van der Waals surface area contributed by atoms with E-state index in [1.165, 1.54) is 22.9 Å². The van der Waals surface area contributed by atoms with Gasteiger partial charge in [0.05, 0.1) is 0 Å². The third kappa shape index (κ3) is 4.08. The van der Waals surface area contributed by atoms with Crippen LogP contribution >= 0.6 is 0 Å². The summed E-state index contributed by atoms with van der Waals surface area (Å²) in [6.45, 7) is 4.17. The summed E-state index contributed by atoms with van der Waals surface area (Å²) >= 11 is 0. The van der Waals surface area contributed by atoms with Crippen molar-refractivity contribution in [3.05, 3.63) is 75.1 Å². The standard InChI is InChI=1S/C22H23N5O3/c1-14-7-16(9-18-12-26(2)6-4-19(14)18)17-10-20(22(25-11-17)27(28)29)30-13-15-3-5-24-21(23)8-15/h3,5,7-11H,4,6,12-13H2,1-2H3,(H2,23,24). The molecule has 4 rings (SSSR count). The monoisotopic (exact) mass is 405 g/mol. The van der Waals surface area contributed by atoms with Crippen LogP contribution in [0.25, 0.3) is 11.1 Å². The molecule has 0 saturated heterocycles. The number of nitrogen functional groups attached to an aromatic ring is 1. The minimum Gasteiger partial charge on any atom is -0.481 e. The van der Waals surface area contributed by atoms with Crippen LogP contribution in [0.2, 0.25) is 0 Å². The fourth-order valence-electron chi connectivity index (χ4n) is 3.81. The van der Waals surface area contributed by atoms with Gasteiger partial charge in [0.15, 0.2) is 0 Å². The molecule has 0 radical (unpaired) electrons. The van der Waals surface area contributed by atoms with E-state index in [9.17, 15) is 10.1 Å². The average molecular weight is 405 g/mol. The van der Waals surface area contributed by atoms with Crippen molar-refractivity contribution in [2.45, 2.75) is 26.5 Å². The molecule has 0 spiro atoms. The lowest BCUT2D eigenvalue weighted by atomic mass is 9.91. The first kappa shape index (κ1) is 19.8. The van der Waals surface area contributed by atoms with Crippen LogP contribution in [0, 0.1) is 17.0 Å². The number of rotatable bonds is 5. The van der Waals surface area contributed by atoms with E-state index in [-0.39, 0.29) is 18.2 Å². The highest BCUT2D eigenvalue weighted by atomic mass is 16.6. The summed E-state index contributed by atoms with van der Waals surface area (Å²) in [5.41, 5.74) is 12.1. The molecule has 8 nitrogen and oxygen atoms in total. The summed E-state index contributed by atoms with van der Waals surface area (Å²) in [6, 6.07) is 9.37. The van der Waals surface area contributed by atoms with Crippen molar-refractivity contribution in [1.82, 2.24) is 14.9 Å². The van der Waals surface area contributed by atoms with Gasteiger partial charge >= 0.3 is 5.82 Å². The second kappa shape index (κ2) is 8.08. The Morgan fingerprint density at radius 2 is 2.07 bits per heavy atom. The molecular weight excluding hydrogens is 382 g/mol. The average Bonchev–Trinajstić information content (AvgIpc) is 2.71. The van der Waals surface area contributed by atoms with Crippen molar-refractivity contribution < 1.29 is 9.66 Å². The number of nitrogens with zero attached hydrogens (tertiary/aromatic N) is 4. The van der Waals surface area contributed by atoms with Gasteiger partial charge in [0.1, 0.15) is 18.6 Å². The molecular formula is C22H23N5O3. The van der Waals surface area contributed by atoms with E-state index in [0.717, 1.165) is 36.2 Å². The van der Waals surface area contributed by atoms with Crippen LogP contribution in [-0.2, 0) is 19.6 Å². The van der Waals surface area contributed by atoms with Crippen LogP contribution < -0.4 is 10.5 Å². The third-order valence-electron chi connectivity index (χ3n) is 5.33. The van der Waals surface area contributed by atoms with Crippen LogP contribution in [0.15, 0.2) is 42.7 Å². The van der Waals surface area contributed by atoms with Crippen molar-refractivity contribution in [3.63, 3.8) is 0 Å². The Hall–Kier alpha value is -3.52. The second-order valence-electron chi connectivity index (χ2n) is 7.60. The van der Waals surface area contributed by atoms with E-state index in [1.807, 2.05) is 0 Å². The van der Waals surface area contributed by atoms with Crippen LogP contribution in [0.5, 0.6) is 5.75 Å². The van der Waals surface area contributed by atoms with E-state index in [1.54, 1.807) is 24.4 Å². The Kier molecular flexibility index (Phi) is 5.33. The molecule has 0 bridgehead atoms. The van der Waals surface area contributed by atoms with Gasteiger partial charge in [-0.3, -0.25) is 0 Å². The number of aryl methyl sites for hydroxylation is 1. The Morgan fingerprint density at radius 3 is 2.83 bits per heavy atom. The molecule has 0 atom stereocenters. The fraction of sp³-hybridized carbons (Fsp3) is 0.273. The minimum atomic E-state index is -0.535. The van der Waals surface area contributed by atoms with Crippen LogP contribution in [0.3, 0.4) is 0 Å². The molecule has 3 heterocycles. The van der Waals surface area contributed by atoms with Gasteiger partial charge < -0.3 is 25.5 Å². The Balaban J connectivity index is 1.68. The molecule has 154 valence electrons. The number of nitrogens with two attached hydrogens (primary N) is 1. The number of nitro groups is 1. The van der Waals surface area contributed by atoms with Gasteiger partial charge in [-0.05, 0) is 76.3 Å². The number of hydrogen-bond donors (Lipinski definition) is 1. The summed E-state index contributed by atoms with van der Waals surface area (Å²) in [5.74, 6) is 0.183. The number of fused-ring (bicyclic) bond motifs is 1. The first-order chi connectivity index (χ1) is 14.4. The van der Waals surface area contributed by atoms with E-state index in [4.69, 9.17) is 10.5 Å².